The van der Waals surface area contributed by atoms with E-state index in [1.54, 1.807) is 0 Å². The van der Waals surface area contributed by atoms with E-state index in [9.17, 15) is 9.59 Å². The molecule has 0 amide bonds. The molecule has 0 unspecified atom stereocenters. The van der Waals surface area contributed by atoms with Crippen molar-refractivity contribution in [3.8, 4) is 0 Å². The fraction of sp³-hybridized carbons (Fsp3) is 0.846. The van der Waals surface area contributed by atoms with E-state index < -0.39 is 11.9 Å². The largest absolute Gasteiger partial charge is 0.481 e. The molecule has 1 N–H and O–H groups in total. The first-order valence-corrected chi connectivity index (χ1v) is 6.84. The standard InChI is InChI=1S/C13H24ClNO3/c1-5-6-7-8-11(16)10(13(17)18)9-12(14)15(2,3)4/h10,12H,5-9H2,1-4H3/p+1/t10-,12+/m0/s1. The lowest BCUT2D eigenvalue weighted by Gasteiger charge is -2.30. The Morgan fingerprint density at radius 2 is 1.78 bits per heavy atom. The molecule has 0 heterocycles. The van der Waals surface area contributed by atoms with Crippen molar-refractivity contribution < 1.29 is 19.2 Å². The van der Waals surface area contributed by atoms with Crippen LogP contribution in [-0.4, -0.2) is 48.0 Å². The number of halogens is 1. The van der Waals surface area contributed by atoms with E-state index in [1.807, 2.05) is 28.1 Å². The van der Waals surface area contributed by atoms with Gasteiger partial charge in [-0.1, -0.05) is 31.4 Å². The smallest absolute Gasteiger partial charge is 0.314 e. The number of rotatable bonds is 9. The van der Waals surface area contributed by atoms with Gasteiger partial charge >= 0.3 is 5.97 Å². The lowest BCUT2D eigenvalue weighted by molar-refractivity contribution is -0.883. The third kappa shape index (κ3) is 6.36. The number of hydrogen-bond acceptors (Lipinski definition) is 2. The number of alkyl halides is 1. The fourth-order valence-corrected chi connectivity index (χ4v) is 1.78. The first-order valence-electron chi connectivity index (χ1n) is 6.40. The normalized spacial score (nSPS) is 15.2. The Hall–Kier alpha value is -0.610. The van der Waals surface area contributed by atoms with Crippen molar-refractivity contribution in [2.45, 2.75) is 44.5 Å². The number of Topliss-reactive ketones (excluding diaryl/α,β-unsaturated/α-hetero) is 1. The molecule has 0 spiro atoms. The number of carboxylic acids is 1. The highest BCUT2D eigenvalue weighted by atomic mass is 35.5. The van der Waals surface area contributed by atoms with E-state index in [4.69, 9.17) is 16.7 Å². The number of carbonyl (C=O) groups excluding carboxylic acids is 1. The van der Waals surface area contributed by atoms with Crippen molar-refractivity contribution in [3.05, 3.63) is 0 Å². The summed E-state index contributed by atoms with van der Waals surface area (Å²) < 4.78 is 0.438. The maximum Gasteiger partial charge on any atom is 0.314 e. The number of quaternary nitrogens is 1. The van der Waals surface area contributed by atoms with Gasteiger partial charge in [0, 0.05) is 12.8 Å². The van der Waals surface area contributed by atoms with Crippen molar-refractivity contribution in [3.63, 3.8) is 0 Å². The number of carbonyl (C=O) groups is 2. The van der Waals surface area contributed by atoms with E-state index in [-0.39, 0.29) is 17.7 Å². The van der Waals surface area contributed by atoms with Crippen LogP contribution in [0.4, 0.5) is 0 Å². The average molecular weight is 279 g/mol. The minimum Gasteiger partial charge on any atom is -0.481 e. The molecule has 0 bridgehead atoms. The Morgan fingerprint density at radius 3 is 2.17 bits per heavy atom. The molecule has 0 aromatic carbocycles. The van der Waals surface area contributed by atoms with Gasteiger partial charge in [0.05, 0.1) is 21.1 Å². The van der Waals surface area contributed by atoms with Gasteiger partial charge in [0.15, 0.2) is 5.50 Å². The van der Waals surface area contributed by atoms with Gasteiger partial charge in [-0.15, -0.1) is 0 Å². The fourth-order valence-electron chi connectivity index (χ4n) is 1.60. The molecule has 0 aromatic rings. The summed E-state index contributed by atoms with van der Waals surface area (Å²) in [5.74, 6) is -2.23. The van der Waals surface area contributed by atoms with Gasteiger partial charge in [-0.3, -0.25) is 9.59 Å². The van der Waals surface area contributed by atoms with E-state index in [0.29, 0.717) is 10.9 Å². The van der Waals surface area contributed by atoms with Gasteiger partial charge in [-0.2, -0.15) is 0 Å². The minimum absolute atomic E-state index is 0.186. The zero-order valence-electron chi connectivity index (χ0n) is 11.8. The number of hydrogen-bond donors (Lipinski definition) is 1. The lowest BCUT2D eigenvalue weighted by Crippen LogP contribution is -2.44. The molecule has 106 valence electrons. The molecular weight excluding hydrogens is 254 g/mol. The Kier molecular flexibility index (Phi) is 7.48. The van der Waals surface area contributed by atoms with Crippen LogP contribution < -0.4 is 0 Å². The Morgan fingerprint density at radius 1 is 1.22 bits per heavy atom. The van der Waals surface area contributed by atoms with Gasteiger partial charge in [0.2, 0.25) is 0 Å². The minimum atomic E-state index is -1.06. The van der Waals surface area contributed by atoms with Crippen LogP contribution in [-0.2, 0) is 9.59 Å². The predicted molar refractivity (Wildman–Crippen MR) is 72.6 cm³/mol. The summed E-state index contributed by atoms with van der Waals surface area (Å²) in [5.41, 5.74) is -0.374. The molecule has 0 aliphatic rings. The molecule has 0 fully saturated rings. The molecule has 0 radical (unpaired) electrons. The van der Waals surface area contributed by atoms with Crippen LogP contribution in [0.25, 0.3) is 0 Å². The first-order chi connectivity index (χ1) is 8.20. The summed E-state index contributed by atoms with van der Waals surface area (Å²) in [6, 6.07) is 0. The molecule has 0 aromatic heterocycles. The lowest BCUT2D eigenvalue weighted by atomic mass is 9.95. The van der Waals surface area contributed by atoms with Crippen LogP contribution in [0.5, 0.6) is 0 Å². The van der Waals surface area contributed by atoms with Crippen LogP contribution in [0, 0.1) is 5.92 Å². The molecule has 0 saturated carbocycles. The highest BCUT2D eigenvalue weighted by Gasteiger charge is 2.33. The van der Waals surface area contributed by atoms with E-state index in [1.165, 1.54) is 0 Å². The van der Waals surface area contributed by atoms with E-state index in [2.05, 4.69) is 0 Å². The highest BCUT2D eigenvalue weighted by molar-refractivity contribution is 6.20. The average Bonchev–Trinajstić information content (AvgIpc) is 2.23. The third-order valence-electron chi connectivity index (χ3n) is 2.98. The topological polar surface area (TPSA) is 54.4 Å². The second-order valence-corrected chi connectivity index (χ2v) is 6.10. The van der Waals surface area contributed by atoms with Crippen molar-refractivity contribution in [1.29, 1.82) is 0 Å². The second-order valence-electron chi connectivity index (χ2n) is 5.60. The summed E-state index contributed by atoms with van der Waals surface area (Å²) in [4.78, 5) is 23.0. The maximum atomic E-state index is 11.9. The molecule has 0 aliphatic carbocycles. The summed E-state index contributed by atoms with van der Waals surface area (Å²) in [6.07, 6.45) is 3.26. The Labute approximate surface area is 115 Å². The van der Waals surface area contributed by atoms with Crippen molar-refractivity contribution in [2.24, 2.45) is 5.92 Å². The Balaban J connectivity index is 4.48. The van der Waals surface area contributed by atoms with Gasteiger partial charge in [-0.25, -0.2) is 0 Å². The second kappa shape index (κ2) is 7.74. The van der Waals surface area contributed by atoms with Gasteiger partial charge < -0.3 is 9.59 Å². The SMILES string of the molecule is CCCCCC(=O)[C@H](C[C@H](Cl)[N+](C)(C)C)C(=O)O. The van der Waals surface area contributed by atoms with Crippen LogP contribution in [0.2, 0.25) is 0 Å². The molecule has 0 saturated heterocycles. The summed E-state index contributed by atoms with van der Waals surface area (Å²) in [7, 11) is 5.66. The van der Waals surface area contributed by atoms with Crippen molar-refractivity contribution in [2.75, 3.05) is 21.1 Å². The van der Waals surface area contributed by atoms with Crippen LogP contribution in [0.15, 0.2) is 0 Å². The number of unbranched alkanes of at least 4 members (excludes halogenated alkanes) is 2. The van der Waals surface area contributed by atoms with E-state index in [0.717, 1.165) is 19.3 Å². The number of carboxylic acid groups (broad SMARTS) is 1. The summed E-state index contributed by atoms with van der Waals surface area (Å²) >= 11 is 6.16. The van der Waals surface area contributed by atoms with Gasteiger partial charge in [0.25, 0.3) is 0 Å². The quantitative estimate of drug-likeness (QED) is 0.232. The molecule has 0 aliphatic heterocycles. The molecule has 4 nitrogen and oxygen atoms in total. The molecule has 2 atom stereocenters. The van der Waals surface area contributed by atoms with Crippen LogP contribution in [0.1, 0.15) is 39.0 Å². The number of nitrogens with zero attached hydrogens (tertiary/aromatic N) is 1. The highest BCUT2D eigenvalue weighted by Crippen LogP contribution is 2.21. The van der Waals surface area contributed by atoms with Crippen LogP contribution in [0.3, 0.4) is 0 Å². The van der Waals surface area contributed by atoms with E-state index >= 15 is 0 Å². The zero-order chi connectivity index (χ0) is 14.3. The number of aliphatic carboxylic acids is 1. The molecule has 5 heteroatoms. The van der Waals surface area contributed by atoms with Gasteiger partial charge in [-0.05, 0) is 6.42 Å². The van der Waals surface area contributed by atoms with Gasteiger partial charge in [0.1, 0.15) is 11.7 Å². The third-order valence-corrected chi connectivity index (χ3v) is 3.75. The monoisotopic (exact) mass is 278 g/mol. The van der Waals surface area contributed by atoms with Crippen molar-refractivity contribution in [1.82, 2.24) is 0 Å². The summed E-state index contributed by atoms with van der Waals surface area (Å²) in [5, 5.41) is 9.13. The maximum absolute atomic E-state index is 11.9. The molecule has 0 rings (SSSR count). The Bertz CT molecular complexity index is 286. The zero-order valence-corrected chi connectivity index (χ0v) is 12.5. The van der Waals surface area contributed by atoms with Crippen LogP contribution >= 0.6 is 11.6 Å². The summed E-state index contributed by atoms with van der Waals surface area (Å²) in [6.45, 7) is 2.05. The first kappa shape index (κ1) is 17.4. The molecular formula is C13H25ClNO3+. The van der Waals surface area contributed by atoms with Crippen molar-refractivity contribution >= 4 is 23.4 Å². The number of ketones is 1. The predicted octanol–water partition coefficient (Wildman–Crippen LogP) is 2.50. The molecule has 18 heavy (non-hydrogen) atoms.